The van der Waals surface area contributed by atoms with Crippen molar-refractivity contribution in [3.63, 3.8) is 0 Å². The zero-order chi connectivity index (χ0) is 12.4. The molecule has 1 heterocycles. The number of piperidine rings is 1. The number of likely N-dealkylation sites (tertiary alicyclic amines) is 1. The zero-order valence-electron chi connectivity index (χ0n) is 9.82. The summed E-state index contributed by atoms with van der Waals surface area (Å²) in [6, 6.07) is 4.60. The van der Waals surface area contributed by atoms with Gasteiger partial charge in [0.25, 0.3) is 5.91 Å². The molecule has 1 atom stereocenters. The van der Waals surface area contributed by atoms with Crippen LogP contribution in [0.1, 0.15) is 30.1 Å². The van der Waals surface area contributed by atoms with E-state index in [1.807, 2.05) is 4.90 Å². The van der Waals surface area contributed by atoms with Crippen LogP contribution in [-0.4, -0.2) is 29.0 Å². The third kappa shape index (κ3) is 2.72. The fraction of sp³-hybridized carbons (Fsp3) is 0.462. The van der Waals surface area contributed by atoms with Crippen LogP contribution < -0.4 is 0 Å². The van der Waals surface area contributed by atoms with Crippen molar-refractivity contribution in [2.24, 2.45) is 5.92 Å². The molecular formula is C13H16ClNO2. The SMILES string of the molecule is C[C@@H]1CCCN(C(=O)c2ccc(O)c(Cl)c2)C1. The second kappa shape index (κ2) is 4.96. The number of phenols is 1. The van der Waals surface area contributed by atoms with Gasteiger partial charge in [-0.05, 0) is 37.0 Å². The highest BCUT2D eigenvalue weighted by atomic mass is 35.5. The lowest BCUT2D eigenvalue weighted by molar-refractivity contribution is 0.0683. The van der Waals surface area contributed by atoms with Crippen molar-refractivity contribution in [3.8, 4) is 5.75 Å². The molecule has 1 amide bonds. The van der Waals surface area contributed by atoms with Gasteiger partial charge in [0, 0.05) is 18.7 Å². The summed E-state index contributed by atoms with van der Waals surface area (Å²) < 4.78 is 0. The molecule has 0 bridgehead atoms. The number of rotatable bonds is 1. The number of amides is 1. The van der Waals surface area contributed by atoms with Gasteiger partial charge in [-0.3, -0.25) is 4.79 Å². The van der Waals surface area contributed by atoms with Crippen LogP contribution in [0.4, 0.5) is 0 Å². The number of hydrogen-bond acceptors (Lipinski definition) is 2. The highest BCUT2D eigenvalue weighted by Gasteiger charge is 2.22. The molecule has 0 spiro atoms. The van der Waals surface area contributed by atoms with Crippen LogP contribution in [-0.2, 0) is 0 Å². The van der Waals surface area contributed by atoms with Gasteiger partial charge < -0.3 is 10.0 Å². The summed E-state index contributed by atoms with van der Waals surface area (Å²) in [4.78, 5) is 14.1. The topological polar surface area (TPSA) is 40.5 Å². The lowest BCUT2D eigenvalue weighted by Gasteiger charge is -2.31. The number of hydrogen-bond donors (Lipinski definition) is 1. The highest BCUT2D eigenvalue weighted by molar-refractivity contribution is 6.32. The molecule has 1 saturated heterocycles. The van der Waals surface area contributed by atoms with Crippen LogP contribution in [0, 0.1) is 5.92 Å². The number of carbonyl (C=O) groups is 1. The van der Waals surface area contributed by atoms with Crippen LogP contribution in [0.15, 0.2) is 18.2 Å². The number of phenolic OH excluding ortho intramolecular Hbond substituents is 1. The molecule has 0 unspecified atom stereocenters. The van der Waals surface area contributed by atoms with Crippen LogP contribution in [0.25, 0.3) is 0 Å². The van der Waals surface area contributed by atoms with Gasteiger partial charge in [0.05, 0.1) is 5.02 Å². The Hall–Kier alpha value is -1.22. The summed E-state index contributed by atoms with van der Waals surface area (Å²) in [5.74, 6) is 0.564. The molecule has 1 aromatic rings. The van der Waals surface area contributed by atoms with Crippen molar-refractivity contribution in [3.05, 3.63) is 28.8 Å². The molecule has 17 heavy (non-hydrogen) atoms. The molecule has 0 saturated carbocycles. The second-order valence-corrected chi connectivity index (χ2v) is 5.07. The Kier molecular flexibility index (Phi) is 3.57. The molecule has 1 N–H and O–H groups in total. The van der Waals surface area contributed by atoms with E-state index >= 15 is 0 Å². The lowest BCUT2D eigenvalue weighted by atomic mass is 9.99. The van der Waals surface area contributed by atoms with E-state index in [2.05, 4.69) is 6.92 Å². The van der Waals surface area contributed by atoms with E-state index < -0.39 is 0 Å². The second-order valence-electron chi connectivity index (χ2n) is 4.66. The van der Waals surface area contributed by atoms with E-state index in [0.717, 1.165) is 19.5 Å². The molecule has 1 aliphatic rings. The molecule has 4 heteroatoms. The van der Waals surface area contributed by atoms with Crippen molar-refractivity contribution in [2.45, 2.75) is 19.8 Å². The summed E-state index contributed by atoms with van der Waals surface area (Å²) in [5.41, 5.74) is 0.543. The quantitative estimate of drug-likeness (QED) is 0.836. The van der Waals surface area contributed by atoms with Crippen LogP contribution >= 0.6 is 11.6 Å². The minimum atomic E-state index is -0.00144. The van der Waals surface area contributed by atoms with Gasteiger partial charge in [-0.25, -0.2) is 0 Å². The predicted molar refractivity (Wildman–Crippen MR) is 67.4 cm³/mol. The maximum absolute atomic E-state index is 12.2. The highest BCUT2D eigenvalue weighted by Crippen LogP contribution is 2.25. The minimum Gasteiger partial charge on any atom is -0.506 e. The summed E-state index contributed by atoms with van der Waals surface area (Å²) in [6.45, 7) is 3.77. The predicted octanol–water partition coefficient (Wildman–Crippen LogP) is 2.92. The molecular weight excluding hydrogens is 238 g/mol. The molecule has 1 aliphatic heterocycles. The molecule has 0 aromatic heterocycles. The van der Waals surface area contributed by atoms with Gasteiger partial charge in [-0.2, -0.15) is 0 Å². The third-order valence-electron chi connectivity index (χ3n) is 3.14. The van der Waals surface area contributed by atoms with Crippen molar-refractivity contribution in [1.29, 1.82) is 0 Å². The summed E-state index contributed by atoms with van der Waals surface area (Å²) >= 11 is 5.80. The first-order chi connectivity index (χ1) is 8.08. The van der Waals surface area contributed by atoms with E-state index in [1.54, 1.807) is 6.07 Å². The maximum Gasteiger partial charge on any atom is 0.253 e. The number of carbonyl (C=O) groups excluding carboxylic acids is 1. The summed E-state index contributed by atoms with van der Waals surface area (Å²) in [6.07, 6.45) is 2.23. The first-order valence-electron chi connectivity index (χ1n) is 5.85. The first kappa shape index (κ1) is 12.2. The van der Waals surface area contributed by atoms with E-state index in [9.17, 15) is 9.90 Å². The lowest BCUT2D eigenvalue weighted by Crippen LogP contribution is -2.39. The number of halogens is 1. The fourth-order valence-corrected chi connectivity index (χ4v) is 2.38. The van der Waals surface area contributed by atoms with Crippen molar-refractivity contribution in [2.75, 3.05) is 13.1 Å². The van der Waals surface area contributed by atoms with E-state index in [0.29, 0.717) is 11.5 Å². The normalized spacial score (nSPS) is 20.4. The fourth-order valence-electron chi connectivity index (χ4n) is 2.20. The van der Waals surface area contributed by atoms with Gasteiger partial charge in [0.15, 0.2) is 0 Å². The molecule has 1 fully saturated rings. The largest absolute Gasteiger partial charge is 0.506 e. The van der Waals surface area contributed by atoms with Gasteiger partial charge >= 0.3 is 0 Å². The molecule has 92 valence electrons. The Morgan fingerprint density at radius 2 is 2.29 bits per heavy atom. The molecule has 1 aromatic carbocycles. The molecule has 2 rings (SSSR count). The smallest absolute Gasteiger partial charge is 0.253 e. The zero-order valence-corrected chi connectivity index (χ0v) is 10.6. The Bertz CT molecular complexity index is 433. The number of nitrogens with zero attached hydrogens (tertiary/aromatic N) is 1. The summed E-state index contributed by atoms with van der Waals surface area (Å²) in [7, 11) is 0. The minimum absolute atomic E-state index is 0.00144. The van der Waals surface area contributed by atoms with E-state index in [-0.39, 0.29) is 16.7 Å². The van der Waals surface area contributed by atoms with Crippen molar-refractivity contribution in [1.82, 2.24) is 4.90 Å². The number of benzene rings is 1. The monoisotopic (exact) mass is 253 g/mol. The Morgan fingerprint density at radius 3 is 2.94 bits per heavy atom. The first-order valence-corrected chi connectivity index (χ1v) is 6.23. The van der Waals surface area contributed by atoms with Crippen molar-refractivity contribution < 1.29 is 9.90 Å². The Labute approximate surface area is 106 Å². The average molecular weight is 254 g/mol. The Balaban J connectivity index is 2.15. The van der Waals surface area contributed by atoms with Gasteiger partial charge in [0.2, 0.25) is 0 Å². The Morgan fingerprint density at radius 1 is 1.53 bits per heavy atom. The van der Waals surface area contributed by atoms with Crippen LogP contribution in [0.5, 0.6) is 5.75 Å². The van der Waals surface area contributed by atoms with E-state index in [4.69, 9.17) is 11.6 Å². The third-order valence-corrected chi connectivity index (χ3v) is 3.44. The molecule has 0 aliphatic carbocycles. The van der Waals surface area contributed by atoms with Crippen molar-refractivity contribution >= 4 is 17.5 Å². The van der Waals surface area contributed by atoms with Crippen LogP contribution in [0.3, 0.4) is 0 Å². The average Bonchev–Trinajstić information content (AvgIpc) is 2.32. The molecule has 0 radical (unpaired) electrons. The number of aromatic hydroxyl groups is 1. The van der Waals surface area contributed by atoms with Gasteiger partial charge in [0.1, 0.15) is 5.75 Å². The van der Waals surface area contributed by atoms with E-state index in [1.165, 1.54) is 18.6 Å². The molecule has 3 nitrogen and oxygen atoms in total. The maximum atomic E-state index is 12.2. The standard InChI is InChI=1S/C13H16ClNO2/c1-9-3-2-6-15(8-9)13(17)10-4-5-12(16)11(14)7-10/h4-5,7,9,16H,2-3,6,8H2,1H3/t9-/m1/s1. The van der Waals surface area contributed by atoms with Gasteiger partial charge in [-0.15, -0.1) is 0 Å². The summed E-state index contributed by atoms with van der Waals surface area (Å²) in [5, 5.41) is 9.54. The van der Waals surface area contributed by atoms with Gasteiger partial charge in [-0.1, -0.05) is 18.5 Å². The van der Waals surface area contributed by atoms with Crippen LogP contribution in [0.2, 0.25) is 5.02 Å².